The van der Waals surface area contributed by atoms with Crippen LogP contribution < -0.4 is 15.0 Å². The molecular formula is C30H39N5O4. The van der Waals surface area contributed by atoms with Crippen LogP contribution in [0.4, 0.5) is 0 Å². The molecule has 0 amide bonds. The van der Waals surface area contributed by atoms with Crippen LogP contribution in [0, 0.1) is 12.8 Å². The number of hydrogen-bond acceptors (Lipinski definition) is 7. The Hall–Kier alpha value is -3.30. The van der Waals surface area contributed by atoms with Gasteiger partial charge in [-0.05, 0) is 96.4 Å². The van der Waals surface area contributed by atoms with E-state index in [1.807, 2.05) is 31.2 Å². The van der Waals surface area contributed by atoms with E-state index in [0.717, 1.165) is 61.1 Å². The lowest BCUT2D eigenvalue weighted by Gasteiger charge is -2.28. The van der Waals surface area contributed by atoms with Crippen molar-refractivity contribution >= 4 is 21.8 Å². The first-order valence-electron chi connectivity index (χ1n) is 14.2. The zero-order chi connectivity index (χ0) is 26.9. The van der Waals surface area contributed by atoms with Crippen molar-refractivity contribution in [2.45, 2.75) is 45.6 Å². The Kier molecular flexibility index (Phi) is 7.36. The first kappa shape index (κ1) is 26.0. The summed E-state index contributed by atoms with van der Waals surface area (Å²) in [6, 6.07) is 7.65. The third kappa shape index (κ3) is 5.30. The van der Waals surface area contributed by atoms with Gasteiger partial charge < -0.3 is 23.7 Å². The van der Waals surface area contributed by atoms with Crippen LogP contribution in [0.15, 0.2) is 33.5 Å². The predicted octanol–water partition coefficient (Wildman–Crippen LogP) is 4.66. The van der Waals surface area contributed by atoms with Gasteiger partial charge in [-0.15, -0.1) is 0 Å². The van der Waals surface area contributed by atoms with Gasteiger partial charge in [-0.1, -0.05) is 0 Å². The SMILES string of the molecule is COc1cc2c(cc1OCCCN1CCCC1)nc(-c1ccc(C)o1)c1c(=O)n(CC3CCN(C)CC3)[nH]c12. The van der Waals surface area contributed by atoms with Crippen LogP contribution in [-0.4, -0.2) is 78.1 Å². The average Bonchev–Trinajstić information content (AvgIpc) is 3.69. The summed E-state index contributed by atoms with van der Waals surface area (Å²) >= 11 is 0. The predicted molar refractivity (Wildman–Crippen MR) is 153 cm³/mol. The summed E-state index contributed by atoms with van der Waals surface area (Å²) in [6.07, 6.45) is 5.69. The van der Waals surface area contributed by atoms with Gasteiger partial charge in [-0.2, -0.15) is 0 Å². The number of hydrogen-bond donors (Lipinski definition) is 1. The number of ether oxygens (including phenoxy) is 2. The van der Waals surface area contributed by atoms with E-state index in [-0.39, 0.29) is 5.56 Å². The number of aryl methyl sites for hydroxylation is 1. The van der Waals surface area contributed by atoms with Gasteiger partial charge >= 0.3 is 0 Å². The number of piperidine rings is 1. The standard InChI is InChI=1S/C30H39N5O4/c1-20-7-8-24(39-20)29-27-28(32-35(30(27)36)19-21-9-14-33(2)15-10-21)22-17-25(37-3)26(18-23(22)31-29)38-16-6-13-34-11-4-5-12-34/h7-8,17-18,21,32H,4-6,9-16,19H2,1-3H3. The quantitative estimate of drug-likeness (QED) is 0.313. The summed E-state index contributed by atoms with van der Waals surface area (Å²) in [7, 11) is 3.80. The lowest BCUT2D eigenvalue weighted by atomic mass is 9.97. The Morgan fingerprint density at radius 1 is 1.10 bits per heavy atom. The number of furan rings is 1. The van der Waals surface area contributed by atoms with Crippen molar-refractivity contribution in [1.29, 1.82) is 0 Å². The molecule has 2 saturated heterocycles. The molecule has 0 radical (unpaired) electrons. The molecule has 3 aromatic heterocycles. The molecule has 0 atom stereocenters. The second-order valence-corrected chi connectivity index (χ2v) is 11.2. The Labute approximate surface area is 228 Å². The van der Waals surface area contributed by atoms with E-state index < -0.39 is 0 Å². The molecule has 2 fully saturated rings. The van der Waals surface area contributed by atoms with Crippen molar-refractivity contribution in [2.75, 3.05) is 53.5 Å². The van der Waals surface area contributed by atoms with E-state index in [4.69, 9.17) is 18.9 Å². The number of pyridine rings is 1. The maximum absolute atomic E-state index is 13.8. The van der Waals surface area contributed by atoms with Crippen LogP contribution in [0.25, 0.3) is 33.3 Å². The van der Waals surface area contributed by atoms with Gasteiger partial charge in [0.15, 0.2) is 17.3 Å². The minimum Gasteiger partial charge on any atom is -0.493 e. The zero-order valence-corrected chi connectivity index (χ0v) is 23.3. The molecule has 9 heteroatoms. The number of rotatable bonds is 9. The maximum Gasteiger partial charge on any atom is 0.276 e. The van der Waals surface area contributed by atoms with Gasteiger partial charge in [-0.25, -0.2) is 4.98 Å². The first-order chi connectivity index (χ1) is 19.0. The number of fused-ring (bicyclic) bond motifs is 3. The molecule has 4 aromatic rings. The number of benzene rings is 1. The zero-order valence-electron chi connectivity index (χ0n) is 23.3. The van der Waals surface area contributed by atoms with Crippen molar-refractivity contribution in [1.82, 2.24) is 24.6 Å². The van der Waals surface area contributed by atoms with E-state index in [9.17, 15) is 4.79 Å². The maximum atomic E-state index is 13.8. The highest BCUT2D eigenvalue weighted by molar-refractivity contribution is 6.09. The van der Waals surface area contributed by atoms with Crippen LogP contribution in [0.3, 0.4) is 0 Å². The van der Waals surface area contributed by atoms with Crippen molar-refractivity contribution in [3.63, 3.8) is 0 Å². The molecule has 0 bridgehead atoms. The molecule has 1 N–H and O–H groups in total. The highest BCUT2D eigenvalue weighted by atomic mass is 16.5. The van der Waals surface area contributed by atoms with Gasteiger partial charge in [0.25, 0.3) is 5.56 Å². The average molecular weight is 534 g/mol. The molecule has 6 rings (SSSR count). The molecule has 39 heavy (non-hydrogen) atoms. The Balaban J connectivity index is 1.38. The molecule has 5 heterocycles. The van der Waals surface area contributed by atoms with Crippen LogP contribution in [0.2, 0.25) is 0 Å². The van der Waals surface area contributed by atoms with Crippen LogP contribution in [0.1, 0.15) is 37.9 Å². The number of H-pyrrole nitrogens is 1. The molecule has 0 saturated carbocycles. The number of nitrogens with zero attached hydrogens (tertiary/aromatic N) is 4. The number of likely N-dealkylation sites (tertiary alicyclic amines) is 2. The molecule has 9 nitrogen and oxygen atoms in total. The summed E-state index contributed by atoms with van der Waals surface area (Å²) in [5, 5.41) is 4.82. The lowest BCUT2D eigenvalue weighted by molar-refractivity contribution is 0.200. The second kappa shape index (κ2) is 11.1. The summed E-state index contributed by atoms with van der Waals surface area (Å²) in [5.41, 5.74) is 1.97. The molecule has 208 valence electrons. The van der Waals surface area contributed by atoms with E-state index in [0.29, 0.717) is 47.4 Å². The monoisotopic (exact) mass is 533 g/mol. The number of aromatic amines is 1. The second-order valence-electron chi connectivity index (χ2n) is 11.2. The molecule has 0 aliphatic carbocycles. The molecule has 0 spiro atoms. The number of aromatic nitrogens is 3. The van der Waals surface area contributed by atoms with E-state index >= 15 is 0 Å². The normalized spacial score (nSPS) is 17.5. The molecule has 1 aromatic carbocycles. The third-order valence-electron chi connectivity index (χ3n) is 8.30. The topological polar surface area (TPSA) is 88.8 Å². The van der Waals surface area contributed by atoms with Crippen LogP contribution in [0.5, 0.6) is 11.5 Å². The summed E-state index contributed by atoms with van der Waals surface area (Å²) < 4.78 is 19.7. The minimum absolute atomic E-state index is 0.0661. The number of nitrogens with one attached hydrogen (secondary N) is 1. The summed E-state index contributed by atoms with van der Waals surface area (Å²) in [6.45, 7) is 8.69. The lowest BCUT2D eigenvalue weighted by Crippen LogP contribution is -2.33. The third-order valence-corrected chi connectivity index (χ3v) is 8.30. The fourth-order valence-corrected chi connectivity index (χ4v) is 6.04. The molecule has 2 aliphatic heterocycles. The van der Waals surface area contributed by atoms with Gasteiger partial charge in [-0.3, -0.25) is 14.6 Å². The van der Waals surface area contributed by atoms with E-state index in [1.165, 1.54) is 25.9 Å². The van der Waals surface area contributed by atoms with E-state index in [2.05, 4.69) is 21.9 Å². The van der Waals surface area contributed by atoms with Crippen molar-refractivity contribution in [2.24, 2.45) is 5.92 Å². The Morgan fingerprint density at radius 3 is 2.62 bits per heavy atom. The van der Waals surface area contributed by atoms with Crippen molar-refractivity contribution in [3.8, 4) is 23.0 Å². The van der Waals surface area contributed by atoms with Gasteiger partial charge in [0.2, 0.25) is 0 Å². The van der Waals surface area contributed by atoms with Crippen molar-refractivity contribution < 1.29 is 13.9 Å². The van der Waals surface area contributed by atoms with Crippen molar-refractivity contribution in [3.05, 3.63) is 40.4 Å². The molecule has 2 aliphatic rings. The van der Waals surface area contributed by atoms with Gasteiger partial charge in [0, 0.05) is 24.5 Å². The largest absolute Gasteiger partial charge is 0.493 e. The number of methoxy groups -OCH3 is 1. The fourth-order valence-electron chi connectivity index (χ4n) is 6.04. The fraction of sp³-hybridized carbons (Fsp3) is 0.533. The molecular weight excluding hydrogens is 494 g/mol. The van der Waals surface area contributed by atoms with Crippen LogP contribution >= 0.6 is 0 Å². The van der Waals surface area contributed by atoms with E-state index in [1.54, 1.807) is 11.8 Å². The first-order valence-corrected chi connectivity index (χ1v) is 14.2. The summed E-state index contributed by atoms with van der Waals surface area (Å²) in [5.74, 6) is 3.12. The Morgan fingerprint density at radius 2 is 1.90 bits per heavy atom. The van der Waals surface area contributed by atoms with Gasteiger partial charge in [0.1, 0.15) is 11.5 Å². The van der Waals surface area contributed by atoms with Crippen LogP contribution in [-0.2, 0) is 6.54 Å². The Bertz CT molecular complexity index is 1510. The molecule has 0 unspecified atom stereocenters. The minimum atomic E-state index is -0.0661. The highest BCUT2D eigenvalue weighted by Crippen LogP contribution is 2.37. The van der Waals surface area contributed by atoms with Gasteiger partial charge in [0.05, 0.1) is 30.1 Å². The smallest absolute Gasteiger partial charge is 0.276 e. The summed E-state index contributed by atoms with van der Waals surface area (Å²) in [4.78, 5) is 23.6. The highest BCUT2D eigenvalue weighted by Gasteiger charge is 2.24.